The molecule has 2 fully saturated rings. The second-order valence-corrected chi connectivity index (χ2v) is 8.66. The third-order valence-electron chi connectivity index (χ3n) is 6.08. The Bertz CT molecular complexity index is 724. The zero-order valence-corrected chi connectivity index (χ0v) is 16.4. The number of imidazole rings is 1. The van der Waals surface area contributed by atoms with Gasteiger partial charge < -0.3 is 9.88 Å². The summed E-state index contributed by atoms with van der Waals surface area (Å²) in [4.78, 5) is 7.22. The Labute approximate surface area is 156 Å². The molecule has 1 saturated heterocycles. The lowest BCUT2D eigenvalue weighted by Gasteiger charge is -2.29. The maximum Gasteiger partial charge on any atom is 0.122 e. The van der Waals surface area contributed by atoms with Crippen LogP contribution in [0.4, 0.5) is 0 Å². The fourth-order valence-corrected chi connectivity index (χ4v) is 4.51. The summed E-state index contributed by atoms with van der Waals surface area (Å²) in [7, 11) is 2.09. The third kappa shape index (κ3) is 3.71. The van der Waals surface area contributed by atoms with E-state index in [9.17, 15) is 0 Å². The van der Waals surface area contributed by atoms with Gasteiger partial charge in [0.15, 0.2) is 0 Å². The highest BCUT2D eigenvalue weighted by Crippen LogP contribution is 2.56. The molecule has 1 atom stereocenters. The van der Waals surface area contributed by atoms with Crippen LogP contribution in [0.25, 0.3) is 0 Å². The van der Waals surface area contributed by atoms with Gasteiger partial charge in [-0.25, -0.2) is 4.98 Å². The van der Waals surface area contributed by atoms with Gasteiger partial charge in [0.25, 0.3) is 0 Å². The topological polar surface area (TPSA) is 50.9 Å². The van der Waals surface area contributed by atoms with E-state index in [1.165, 1.54) is 37.9 Å². The van der Waals surface area contributed by atoms with Crippen LogP contribution >= 0.6 is 0 Å². The van der Waals surface area contributed by atoms with E-state index in [0.717, 1.165) is 25.5 Å². The van der Waals surface area contributed by atoms with Gasteiger partial charge in [-0.05, 0) is 43.7 Å². The van der Waals surface area contributed by atoms with Gasteiger partial charge in [-0.3, -0.25) is 9.58 Å². The van der Waals surface area contributed by atoms with Crippen LogP contribution in [0.5, 0.6) is 0 Å². The van der Waals surface area contributed by atoms with E-state index in [-0.39, 0.29) is 0 Å². The lowest BCUT2D eigenvalue weighted by molar-refractivity contribution is 0.182. The molecular weight excluding hydrogens is 324 g/mol. The Morgan fingerprint density at radius 2 is 2.12 bits per heavy atom. The van der Waals surface area contributed by atoms with Gasteiger partial charge in [0.1, 0.15) is 5.82 Å². The maximum absolute atomic E-state index is 4.57. The standard InChI is InChI=1S/C20H32N6/c1-16(2)12-26-14-17(11-23-26)13-25(15-19-22-8-9-24(19)3)18-10-20(18)4-6-21-7-5-20/h8-9,11,14,16,18,21H,4-7,10,12-13,15H2,1-3H3. The van der Waals surface area contributed by atoms with E-state index in [1.54, 1.807) is 0 Å². The van der Waals surface area contributed by atoms with Crippen LogP contribution in [-0.2, 0) is 26.7 Å². The zero-order valence-electron chi connectivity index (χ0n) is 16.4. The molecule has 0 amide bonds. The molecule has 1 aliphatic carbocycles. The molecule has 6 heteroatoms. The number of nitrogens with one attached hydrogen (secondary N) is 1. The summed E-state index contributed by atoms with van der Waals surface area (Å²) in [5, 5.41) is 8.08. The Balaban J connectivity index is 1.49. The van der Waals surface area contributed by atoms with E-state index in [1.807, 2.05) is 18.6 Å². The highest BCUT2D eigenvalue weighted by Gasteiger charge is 2.56. The van der Waals surface area contributed by atoms with E-state index in [4.69, 9.17) is 0 Å². The minimum absolute atomic E-state index is 0.532. The fraction of sp³-hybridized carbons (Fsp3) is 0.700. The number of rotatable bonds is 7. The molecule has 0 bridgehead atoms. The van der Waals surface area contributed by atoms with Gasteiger partial charge in [0.2, 0.25) is 0 Å². The molecule has 0 radical (unpaired) electrons. The molecule has 3 heterocycles. The Morgan fingerprint density at radius 1 is 1.31 bits per heavy atom. The van der Waals surface area contributed by atoms with Crippen LogP contribution in [0.2, 0.25) is 0 Å². The highest BCUT2D eigenvalue weighted by atomic mass is 15.3. The van der Waals surface area contributed by atoms with Crippen molar-refractivity contribution in [2.75, 3.05) is 13.1 Å². The molecular formula is C20H32N6. The quantitative estimate of drug-likeness (QED) is 0.828. The highest BCUT2D eigenvalue weighted by molar-refractivity contribution is 5.13. The summed E-state index contributed by atoms with van der Waals surface area (Å²) in [5.41, 5.74) is 1.85. The third-order valence-corrected chi connectivity index (χ3v) is 6.08. The summed E-state index contributed by atoms with van der Waals surface area (Å²) in [5.74, 6) is 1.77. The summed E-state index contributed by atoms with van der Waals surface area (Å²) >= 11 is 0. The molecule has 1 unspecified atom stereocenters. The molecule has 0 aromatic carbocycles. The molecule has 4 rings (SSSR count). The minimum atomic E-state index is 0.532. The number of aryl methyl sites for hydroxylation is 1. The first-order chi connectivity index (χ1) is 12.6. The Morgan fingerprint density at radius 3 is 2.81 bits per heavy atom. The lowest BCUT2D eigenvalue weighted by atomic mass is 9.93. The van der Waals surface area contributed by atoms with E-state index < -0.39 is 0 Å². The van der Waals surface area contributed by atoms with Crippen molar-refractivity contribution < 1.29 is 0 Å². The second kappa shape index (κ2) is 7.16. The molecule has 2 aromatic rings. The van der Waals surface area contributed by atoms with Crippen molar-refractivity contribution in [1.29, 1.82) is 0 Å². The SMILES string of the molecule is CC(C)Cn1cc(CN(Cc2nccn2C)C2CC23CCNCC3)cn1. The van der Waals surface area contributed by atoms with Crippen LogP contribution in [0.1, 0.15) is 44.5 Å². The van der Waals surface area contributed by atoms with Crippen LogP contribution in [0, 0.1) is 11.3 Å². The van der Waals surface area contributed by atoms with Crippen LogP contribution < -0.4 is 5.32 Å². The number of hydrogen-bond acceptors (Lipinski definition) is 4. The second-order valence-electron chi connectivity index (χ2n) is 8.66. The molecule has 1 spiro atoms. The Hall–Kier alpha value is -1.66. The van der Waals surface area contributed by atoms with Crippen LogP contribution in [0.15, 0.2) is 24.8 Å². The van der Waals surface area contributed by atoms with E-state index in [2.05, 4.69) is 56.6 Å². The summed E-state index contributed by atoms with van der Waals surface area (Å²) in [6, 6.07) is 0.676. The predicted octanol–water partition coefficient (Wildman–Crippen LogP) is 2.42. The van der Waals surface area contributed by atoms with Gasteiger partial charge in [0.05, 0.1) is 12.7 Å². The van der Waals surface area contributed by atoms with Crippen molar-refractivity contribution >= 4 is 0 Å². The van der Waals surface area contributed by atoms with Gasteiger partial charge in [-0.1, -0.05) is 13.8 Å². The fourth-order valence-electron chi connectivity index (χ4n) is 4.51. The van der Waals surface area contributed by atoms with Crippen molar-refractivity contribution in [2.24, 2.45) is 18.4 Å². The summed E-state index contributed by atoms with van der Waals surface area (Å²) in [6.45, 7) is 9.67. The molecule has 2 aromatic heterocycles. The van der Waals surface area contributed by atoms with Crippen molar-refractivity contribution in [1.82, 2.24) is 29.5 Å². The molecule has 2 aliphatic rings. The first-order valence-corrected chi connectivity index (χ1v) is 9.98. The predicted molar refractivity (Wildman–Crippen MR) is 102 cm³/mol. The van der Waals surface area contributed by atoms with Gasteiger partial charge >= 0.3 is 0 Å². The summed E-state index contributed by atoms with van der Waals surface area (Å²) < 4.78 is 4.23. The monoisotopic (exact) mass is 356 g/mol. The summed E-state index contributed by atoms with van der Waals surface area (Å²) in [6.07, 6.45) is 12.2. The average Bonchev–Trinajstić information content (AvgIpc) is 2.92. The molecule has 142 valence electrons. The van der Waals surface area contributed by atoms with Crippen LogP contribution in [0.3, 0.4) is 0 Å². The van der Waals surface area contributed by atoms with Crippen molar-refractivity contribution in [3.8, 4) is 0 Å². The van der Waals surface area contributed by atoms with Gasteiger partial charge in [0, 0.05) is 50.3 Å². The van der Waals surface area contributed by atoms with Crippen LogP contribution in [-0.4, -0.2) is 43.4 Å². The van der Waals surface area contributed by atoms with Crippen molar-refractivity contribution in [2.45, 2.75) is 58.8 Å². The smallest absolute Gasteiger partial charge is 0.122 e. The van der Waals surface area contributed by atoms with Gasteiger partial charge in [-0.2, -0.15) is 5.10 Å². The Kier molecular flexibility index (Phi) is 4.88. The zero-order chi connectivity index (χ0) is 18.1. The van der Waals surface area contributed by atoms with Crippen molar-refractivity contribution in [3.05, 3.63) is 36.2 Å². The first kappa shape index (κ1) is 17.7. The maximum atomic E-state index is 4.57. The van der Waals surface area contributed by atoms with Crippen molar-refractivity contribution in [3.63, 3.8) is 0 Å². The largest absolute Gasteiger partial charge is 0.337 e. The number of piperidine rings is 1. The number of nitrogens with zero attached hydrogens (tertiary/aromatic N) is 5. The normalized spacial score (nSPS) is 21.8. The molecule has 1 aliphatic heterocycles. The number of aromatic nitrogens is 4. The average molecular weight is 357 g/mol. The molecule has 6 nitrogen and oxygen atoms in total. The first-order valence-electron chi connectivity index (χ1n) is 9.98. The molecule has 1 N–H and O–H groups in total. The molecule has 1 saturated carbocycles. The number of hydrogen-bond donors (Lipinski definition) is 1. The van der Waals surface area contributed by atoms with E-state index in [0.29, 0.717) is 17.4 Å². The van der Waals surface area contributed by atoms with E-state index >= 15 is 0 Å². The lowest BCUT2D eigenvalue weighted by Crippen LogP contribution is -2.36. The molecule has 26 heavy (non-hydrogen) atoms. The van der Waals surface area contributed by atoms with Gasteiger partial charge in [-0.15, -0.1) is 0 Å². The minimum Gasteiger partial charge on any atom is -0.337 e.